The van der Waals surface area contributed by atoms with Gasteiger partial charge in [0.05, 0.1) is 47.5 Å². The monoisotopic (exact) mass is 868 g/mol. The number of nitrogen functional groups attached to an aromatic ring is 1. The molecule has 0 atom stereocenters. The van der Waals surface area contributed by atoms with Crippen molar-refractivity contribution in [2.45, 2.75) is 56.9 Å². The quantitative estimate of drug-likeness (QED) is 0.174. The molecule has 2 aromatic heterocycles. The number of anilines is 1. The number of nitrogens with zero attached hydrogens (tertiary/aromatic N) is 6. The van der Waals surface area contributed by atoms with Gasteiger partial charge >= 0.3 is 6.18 Å². The van der Waals surface area contributed by atoms with Crippen molar-refractivity contribution in [3.8, 4) is 11.1 Å². The first-order valence-corrected chi connectivity index (χ1v) is 21.2. The molecule has 0 spiro atoms. The molecule has 0 radical (unpaired) electrons. The van der Waals surface area contributed by atoms with Gasteiger partial charge in [-0.2, -0.15) is 18.3 Å². The van der Waals surface area contributed by atoms with E-state index in [-0.39, 0.29) is 71.7 Å². The lowest BCUT2D eigenvalue weighted by molar-refractivity contribution is -0.135. The number of hydrogen-bond acceptors (Lipinski definition) is 9. The Bertz CT molecular complexity index is 2540. The van der Waals surface area contributed by atoms with E-state index in [1.165, 1.54) is 30.5 Å². The molecule has 3 aliphatic heterocycles. The summed E-state index contributed by atoms with van der Waals surface area (Å²) in [7, 11) is 0. The second-order valence-corrected chi connectivity index (χ2v) is 16.5. The molecule has 330 valence electrons. The number of piperazine rings is 1. The Labute approximate surface area is 360 Å². The lowest BCUT2D eigenvalue weighted by Crippen LogP contribution is -2.53. The number of likely N-dealkylation sites (tertiary alicyclic amines) is 2. The number of aromatic nitrogens is 3. The molecular formula is C46H48F4N8O5. The second-order valence-electron chi connectivity index (χ2n) is 16.5. The zero-order valence-corrected chi connectivity index (χ0v) is 34.6. The van der Waals surface area contributed by atoms with Gasteiger partial charge in [-0.3, -0.25) is 24.1 Å². The van der Waals surface area contributed by atoms with Gasteiger partial charge in [0.15, 0.2) is 5.69 Å². The van der Waals surface area contributed by atoms with Crippen LogP contribution in [-0.4, -0.2) is 130 Å². The zero-order valence-electron chi connectivity index (χ0n) is 34.6. The molecular weight excluding hydrogens is 821 g/mol. The summed E-state index contributed by atoms with van der Waals surface area (Å²) >= 11 is 0. The summed E-state index contributed by atoms with van der Waals surface area (Å²) in [6, 6.07) is 19.2. The van der Waals surface area contributed by atoms with Gasteiger partial charge in [0, 0.05) is 75.9 Å². The number of carbonyl (C=O) groups is 3. The third-order valence-corrected chi connectivity index (χ3v) is 12.1. The number of piperidine rings is 2. The maximum Gasteiger partial charge on any atom is 0.393 e. The van der Waals surface area contributed by atoms with Crippen LogP contribution in [0, 0.1) is 5.82 Å². The van der Waals surface area contributed by atoms with Crippen molar-refractivity contribution in [3.05, 3.63) is 123 Å². The third-order valence-electron chi connectivity index (χ3n) is 12.1. The van der Waals surface area contributed by atoms with E-state index in [9.17, 15) is 32.3 Å². The third kappa shape index (κ3) is 10.4. The molecule has 63 heavy (non-hydrogen) atoms. The molecule has 3 aliphatic rings. The van der Waals surface area contributed by atoms with E-state index in [1.807, 2.05) is 6.07 Å². The molecule has 0 unspecified atom stereocenters. The molecule has 5 heterocycles. The largest absolute Gasteiger partial charge is 0.397 e. The normalized spacial score (nSPS) is 17.0. The number of hydrogen-bond donors (Lipinski definition) is 2. The average molecular weight is 869 g/mol. The minimum atomic E-state index is -4.33. The van der Waals surface area contributed by atoms with Crippen molar-refractivity contribution in [1.29, 1.82) is 0 Å². The number of halogens is 4. The van der Waals surface area contributed by atoms with Crippen molar-refractivity contribution in [3.63, 3.8) is 0 Å². The molecule has 3 N–H and O–H groups in total. The molecule has 3 saturated heterocycles. The van der Waals surface area contributed by atoms with Crippen molar-refractivity contribution in [1.82, 2.24) is 34.8 Å². The summed E-state index contributed by atoms with van der Waals surface area (Å²) in [5.41, 5.74) is 8.61. The Kier molecular flexibility index (Phi) is 12.9. The van der Waals surface area contributed by atoms with E-state index in [2.05, 4.69) is 20.1 Å². The number of fused-ring (bicyclic) bond motifs is 1. The van der Waals surface area contributed by atoms with Crippen LogP contribution in [0.1, 0.15) is 63.4 Å². The summed E-state index contributed by atoms with van der Waals surface area (Å²) in [5, 5.41) is 7.91. The van der Waals surface area contributed by atoms with Crippen LogP contribution in [0.15, 0.2) is 83.8 Å². The van der Waals surface area contributed by atoms with Gasteiger partial charge in [-0.15, -0.1) is 0 Å². The molecule has 3 aromatic carbocycles. The molecule has 13 nitrogen and oxygen atoms in total. The fourth-order valence-corrected chi connectivity index (χ4v) is 8.70. The highest BCUT2D eigenvalue weighted by molar-refractivity contribution is 5.98. The molecule has 17 heteroatoms. The van der Waals surface area contributed by atoms with Gasteiger partial charge in [-0.25, -0.2) is 14.5 Å². The summed E-state index contributed by atoms with van der Waals surface area (Å²) in [6.07, 6.45) is -0.796. The maximum atomic E-state index is 15.0. The highest BCUT2D eigenvalue weighted by Gasteiger charge is 2.32. The molecule has 3 amide bonds. The number of ether oxygens (including phenoxy) is 1. The minimum absolute atomic E-state index is 0.0211. The number of benzene rings is 3. The van der Waals surface area contributed by atoms with E-state index in [0.717, 1.165) is 12.8 Å². The van der Waals surface area contributed by atoms with Crippen molar-refractivity contribution in [2.24, 2.45) is 0 Å². The predicted molar refractivity (Wildman–Crippen MR) is 227 cm³/mol. The van der Waals surface area contributed by atoms with Crippen molar-refractivity contribution < 1.29 is 36.7 Å². The van der Waals surface area contributed by atoms with Crippen LogP contribution in [0.5, 0.6) is 0 Å². The average Bonchev–Trinajstić information content (AvgIpc) is 3.28. The van der Waals surface area contributed by atoms with Gasteiger partial charge in [0.1, 0.15) is 5.82 Å². The first-order chi connectivity index (χ1) is 30.3. The lowest BCUT2D eigenvalue weighted by Gasteiger charge is -2.38. The first kappa shape index (κ1) is 43.4. The van der Waals surface area contributed by atoms with E-state index in [0.29, 0.717) is 91.7 Å². The maximum absolute atomic E-state index is 15.0. The summed E-state index contributed by atoms with van der Waals surface area (Å²) in [6.45, 7) is 3.83. The van der Waals surface area contributed by atoms with Crippen molar-refractivity contribution in [2.75, 3.05) is 64.6 Å². The van der Waals surface area contributed by atoms with E-state index >= 15 is 4.39 Å². The Morgan fingerprint density at radius 1 is 0.746 bits per heavy atom. The predicted octanol–water partition coefficient (Wildman–Crippen LogP) is 5.47. The Balaban J connectivity index is 0.754. The van der Waals surface area contributed by atoms with Gasteiger partial charge in [0.2, 0.25) is 5.91 Å². The minimum Gasteiger partial charge on any atom is -0.397 e. The number of amides is 3. The Hall–Kier alpha value is -6.20. The number of aromatic amines is 1. The summed E-state index contributed by atoms with van der Waals surface area (Å²) in [4.78, 5) is 63.9. The standard InChI is InChI=1S/C46H48F4N8O5/c47-38-9-8-29(24-40-35-6-1-2-7-36(35)43(60)54-53-40)23-37(38)44(61)58-20-18-56(19-21-58)41(59)28-55-14-10-33(11-15-55)63-34-12-16-57(17-13-34)45(62)42-39(51)25-32(27-52-42)31-5-3-4-30(22-31)26-46(48,49)50/h1-9,22-23,25,27,33-34H,10-21,24,26,28,51H2,(H,54,60). The molecule has 3 fully saturated rings. The van der Waals surface area contributed by atoms with Gasteiger partial charge in [0.25, 0.3) is 17.4 Å². The van der Waals surface area contributed by atoms with E-state index in [1.54, 1.807) is 57.2 Å². The van der Waals surface area contributed by atoms with Crippen molar-refractivity contribution >= 4 is 34.2 Å². The van der Waals surface area contributed by atoms with Gasteiger partial charge in [-0.1, -0.05) is 48.5 Å². The zero-order chi connectivity index (χ0) is 44.3. The van der Waals surface area contributed by atoms with Crippen LogP contribution >= 0.6 is 0 Å². The highest BCUT2D eigenvalue weighted by Crippen LogP contribution is 2.29. The van der Waals surface area contributed by atoms with Gasteiger partial charge < -0.3 is 25.2 Å². The second kappa shape index (κ2) is 18.6. The van der Waals surface area contributed by atoms with E-state index < -0.39 is 24.3 Å². The van der Waals surface area contributed by atoms with Crippen LogP contribution in [-0.2, 0) is 22.4 Å². The lowest BCUT2D eigenvalue weighted by atomic mass is 10.0. The number of alkyl halides is 3. The summed E-state index contributed by atoms with van der Waals surface area (Å²) in [5.74, 6) is -1.40. The molecule has 8 rings (SSSR count). The number of rotatable bonds is 10. The molecule has 0 bridgehead atoms. The number of H-pyrrole nitrogens is 1. The fourth-order valence-electron chi connectivity index (χ4n) is 8.70. The topological polar surface area (TPSA) is 158 Å². The SMILES string of the molecule is Nc1cc(-c2cccc(CC(F)(F)F)c2)cnc1C(=O)N1CCC(OC2CCN(CC(=O)N3CCN(C(=O)c4cc(Cc5n[nH]c(=O)c6ccccc56)ccc4F)CC3)CC2)CC1. The fraction of sp³-hybridized carbons (Fsp3) is 0.391. The van der Waals surface area contributed by atoms with Crippen LogP contribution in [0.25, 0.3) is 21.9 Å². The Morgan fingerprint density at radius 3 is 2.11 bits per heavy atom. The number of carbonyl (C=O) groups excluding carboxylic acids is 3. The van der Waals surface area contributed by atoms with E-state index in [4.69, 9.17) is 10.5 Å². The van der Waals surface area contributed by atoms with Gasteiger partial charge in [-0.05, 0) is 66.6 Å². The molecule has 5 aromatic rings. The number of nitrogens with two attached hydrogens (primary N) is 1. The smallest absolute Gasteiger partial charge is 0.393 e. The number of nitrogens with one attached hydrogen (secondary N) is 1. The van der Waals surface area contributed by atoms with Crippen LogP contribution in [0.2, 0.25) is 0 Å². The van der Waals surface area contributed by atoms with Crippen LogP contribution in [0.4, 0.5) is 23.2 Å². The van der Waals surface area contributed by atoms with Crippen LogP contribution in [0.3, 0.4) is 0 Å². The number of pyridine rings is 1. The highest BCUT2D eigenvalue weighted by atomic mass is 19.4. The molecule has 0 saturated carbocycles. The molecule has 0 aliphatic carbocycles. The van der Waals surface area contributed by atoms with Crippen LogP contribution < -0.4 is 11.3 Å². The first-order valence-electron chi connectivity index (χ1n) is 21.2. The summed E-state index contributed by atoms with van der Waals surface area (Å²) < 4.78 is 60.2. The Morgan fingerprint density at radius 2 is 1.41 bits per heavy atom.